The molecule has 0 spiro atoms. The summed E-state index contributed by atoms with van der Waals surface area (Å²) in [5.74, 6) is -1.21. The number of hydrogen-bond acceptors (Lipinski definition) is 2. The molecule has 2 nitrogen and oxygen atoms in total. The van der Waals surface area contributed by atoms with E-state index in [4.69, 9.17) is 0 Å². The molecule has 0 heterocycles. The van der Waals surface area contributed by atoms with Crippen molar-refractivity contribution in [1.29, 1.82) is 0 Å². The molecule has 5 heteroatoms. The fourth-order valence-corrected chi connectivity index (χ4v) is 1.97. The van der Waals surface area contributed by atoms with E-state index in [1.165, 1.54) is 24.3 Å². The predicted molar refractivity (Wildman–Crippen MR) is 69.5 cm³/mol. The molecule has 0 aliphatic heterocycles. The second-order valence-corrected chi connectivity index (χ2v) is 4.68. The lowest BCUT2D eigenvalue weighted by atomic mass is 10.2. The summed E-state index contributed by atoms with van der Waals surface area (Å²) in [6.45, 7) is 0.226. The molecule has 0 fully saturated rings. The zero-order valence-corrected chi connectivity index (χ0v) is 10.8. The van der Waals surface area contributed by atoms with Crippen molar-refractivity contribution in [3.63, 3.8) is 0 Å². The van der Waals surface area contributed by atoms with Crippen LogP contribution < -0.4 is 5.32 Å². The summed E-state index contributed by atoms with van der Waals surface area (Å²) >= 11 is 3.01. The van der Waals surface area contributed by atoms with Crippen LogP contribution in [0.1, 0.15) is 5.56 Å². The zero-order valence-electron chi connectivity index (χ0n) is 9.25. The lowest BCUT2D eigenvalue weighted by Crippen LogP contribution is -2.03. The van der Waals surface area contributed by atoms with Gasteiger partial charge in [0.1, 0.15) is 23.1 Å². The molecule has 2 aromatic rings. The van der Waals surface area contributed by atoms with E-state index in [-0.39, 0.29) is 18.0 Å². The number of anilines is 1. The van der Waals surface area contributed by atoms with Gasteiger partial charge in [-0.1, -0.05) is 28.1 Å². The Labute approximate surface area is 111 Å². The lowest BCUT2D eigenvalue weighted by molar-refractivity contribution is 0.474. The van der Waals surface area contributed by atoms with Gasteiger partial charge in [0, 0.05) is 11.0 Å². The van der Waals surface area contributed by atoms with Gasteiger partial charge < -0.3 is 10.4 Å². The topological polar surface area (TPSA) is 32.3 Å². The molecular formula is C13H10BrF2NO. The molecule has 2 aromatic carbocycles. The molecule has 0 atom stereocenters. The minimum absolute atomic E-state index is 0.117. The van der Waals surface area contributed by atoms with E-state index in [9.17, 15) is 13.9 Å². The standard InChI is InChI=1S/C13H10BrF2NO/c14-9-5-11(15)13(12(16)6-9)17-7-8-2-1-3-10(18)4-8/h1-6,17-18H,7H2. The van der Waals surface area contributed by atoms with Crippen molar-refractivity contribution in [1.82, 2.24) is 0 Å². The highest BCUT2D eigenvalue weighted by atomic mass is 79.9. The molecule has 0 saturated heterocycles. The molecule has 0 saturated carbocycles. The van der Waals surface area contributed by atoms with Gasteiger partial charge in [-0.3, -0.25) is 0 Å². The monoisotopic (exact) mass is 313 g/mol. The summed E-state index contributed by atoms with van der Waals surface area (Å²) < 4.78 is 27.4. The summed E-state index contributed by atoms with van der Waals surface area (Å²) in [6, 6.07) is 8.86. The van der Waals surface area contributed by atoms with E-state index < -0.39 is 11.6 Å². The largest absolute Gasteiger partial charge is 0.508 e. The Morgan fingerprint density at radius 2 is 1.78 bits per heavy atom. The maximum Gasteiger partial charge on any atom is 0.150 e. The van der Waals surface area contributed by atoms with Gasteiger partial charge in [0.25, 0.3) is 0 Å². The highest BCUT2D eigenvalue weighted by molar-refractivity contribution is 9.10. The average Bonchev–Trinajstić information content (AvgIpc) is 2.27. The molecule has 18 heavy (non-hydrogen) atoms. The number of phenolic OH excluding ortho intramolecular Hbond substituents is 1. The summed E-state index contributed by atoms with van der Waals surface area (Å²) in [7, 11) is 0. The zero-order chi connectivity index (χ0) is 13.1. The highest BCUT2D eigenvalue weighted by Gasteiger charge is 2.10. The summed E-state index contributed by atoms with van der Waals surface area (Å²) in [5, 5.41) is 11.9. The van der Waals surface area contributed by atoms with Crippen molar-refractivity contribution >= 4 is 21.6 Å². The van der Waals surface area contributed by atoms with Crippen LogP contribution in [-0.2, 0) is 6.54 Å². The Morgan fingerprint density at radius 3 is 2.39 bits per heavy atom. The third-order valence-electron chi connectivity index (χ3n) is 2.39. The highest BCUT2D eigenvalue weighted by Crippen LogP contribution is 2.24. The second kappa shape index (κ2) is 5.35. The van der Waals surface area contributed by atoms with Gasteiger partial charge >= 0.3 is 0 Å². The van der Waals surface area contributed by atoms with Crippen molar-refractivity contribution in [2.24, 2.45) is 0 Å². The van der Waals surface area contributed by atoms with Crippen LogP contribution in [0.5, 0.6) is 5.75 Å². The fourth-order valence-electron chi connectivity index (χ4n) is 1.57. The normalized spacial score (nSPS) is 10.4. The maximum atomic E-state index is 13.5. The molecule has 2 rings (SSSR count). The van der Waals surface area contributed by atoms with Crippen LogP contribution in [-0.4, -0.2) is 5.11 Å². The smallest absolute Gasteiger partial charge is 0.150 e. The Morgan fingerprint density at radius 1 is 1.11 bits per heavy atom. The number of rotatable bonds is 3. The van der Waals surface area contributed by atoms with Crippen molar-refractivity contribution in [2.45, 2.75) is 6.54 Å². The molecule has 0 aliphatic carbocycles. The molecule has 0 bridgehead atoms. The maximum absolute atomic E-state index is 13.5. The van der Waals surface area contributed by atoms with E-state index in [1.54, 1.807) is 12.1 Å². The number of benzene rings is 2. The van der Waals surface area contributed by atoms with Crippen LogP contribution >= 0.6 is 15.9 Å². The average molecular weight is 314 g/mol. The molecule has 94 valence electrons. The molecule has 0 aliphatic rings. The predicted octanol–water partition coefficient (Wildman–Crippen LogP) is 4.05. The lowest BCUT2D eigenvalue weighted by Gasteiger charge is -2.09. The van der Waals surface area contributed by atoms with Gasteiger partial charge in [0.15, 0.2) is 0 Å². The molecule has 0 radical (unpaired) electrons. The van der Waals surface area contributed by atoms with E-state index >= 15 is 0 Å². The van der Waals surface area contributed by atoms with Crippen molar-refractivity contribution in [3.05, 3.63) is 58.1 Å². The summed E-state index contributed by atoms with van der Waals surface area (Å²) in [4.78, 5) is 0. The van der Waals surface area contributed by atoms with Crippen molar-refractivity contribution in [3.8, 4) is 5.75 Å². The van der Waals surface area contributed by atoms with Crippen molar-refractivity contribution in [2.75, 3.05) is 5.32 Å². The number of nitrogens with one attached hydrogen (secondary N) is 1. The van der Waals surface area contributed by atoms with E-state index in [2.05, 4.69) is 21.2 Å². The number of phenols is 1. The second-order valence-electron chi connectivity index (χ2n) is 3.77. The van der Waals surface area contributed by atoms with Crippen LogP contribution in [0.25, 0.3) is 0 Å². The SMILES string of the molecule is Oc1cccc(CNc2c(F)cc(Br)cc2F)c1. The molecular weight excluding hydrogens is 304 g/mol. The van der Waals surface area contributed by atoms with Gasteiger partial charge in [0.05, 0.1) is 0 Å². The number of aromatic hydroxyl groups is 1. The minimum atomic E-state index is -0.665. The van der Waals surface area contributed by atoms with Crippen LogP contribution in [0.15, 0.2) is 40.9 Å². The summed E-state index contributed by atoms with van der Waals surface area (Å²) in [6.07, 6.45) is 0. The number of halogens is 3. The first-order chi connectivity index (χ1) is 8.56. The third-order valence-corrected chi connectivity index (χ3v) is 2.84. The Kier molecular flexibility index (Phi) is 3.81. The van der Waals surface area contributed by atoms with Gasteiger partial charge in [0.2, 0.25) is 0 Å². The van der Waals surface area contributed by atoms with Crippen molar-refractivity contribution < 1.29 is 13.9 Å². The fraction of sp³-hybridized carbons (Fsp3) is 0.0769. The first kappa shape index (κ1) is 12.8. The van der Waals surface area contributed by atoms with Gasteiger partial charge in [-0.25, -0.2) is 8.78 Å². The Hall–Kier alpha value is -1.62. The van der Waals surface area contributed by atoms with Crippen LogP contribution in [0.3, 0.4) is 0 Å². The first-order valence-electron chi connectivity index (χ1n) is 5.22. The van der Waals surface area contributed by atoms with Crippen LogP contribution in [0.4, 0.5) is 14.5 Å². The Balaban J connectivity index is 2.16. The first-order valence-corrected chi connectivity index (χ1v) is 6.02. The van der Waals surface area contributed by atoms with E-state index in [1.807, 2.05) is 0 Å². The number of hydrogen-bond donors (Lipinski definition) is 2. The van der Waals surface area contributed by atoms with Crippen LogP contribution in [0.2, 0.25) is 0 Å². The van der Waals surface area contributed by atoms with Gasteiger partial charge in [-0.15, -0.1) is 0 Å². The van der Waals surface area contributed by atoms with E-state index in [0.29, 0.717) is 4.47 Å². The summed E-state index contributed by atoms with van der Waals surface area (Å²) in [5.41, 5.74) is 0.554. The molecule has 2 N–H and O–H groups in total. The Bertz CT molecular complexity index is 552. The minimum Gasteiger partial charge on any atom is -0.508 e. The molecule has 0 amide bonds. The quantitative estimate of drug-likeness (QED) is 0.896. The van der Waals surface area contributed by atoms with Crippen LogP contribution in [0, 0.1) is 11.6 Å². The van der Waals surface area contributed by atoms with E-state index in [0.717, 1.165) is 5.56 Å². The molecule has 0 unspecified atom stereocenters. The molecule has 0 aromatic heterocycles. The van der Waals surface area contributed by atoms with Gasteiger partial charge in [-0.05, 0) is 29.8 Å². The third kappa shape index (κ3) is 2.98. The van der Waals surface area contributed by atoms with Gasteiger partial charge in [-0.2, -0.15) is 0 Å².